The third kappa shape index (κ3) is 3.52. The maximum Gasteiger partial charge on any atom is 0.227 e. The molecule has 1 aliphatic rings. The molecule has 1 saturated heterocycles. The number of hydrogen-bond donors (Lipinski definition) is 2. The second kappa shape index (κ2) is 5.98. The molecule has 19 heavy (non-hydrogen) atoms. The zero-order chi connectivity index (χ0) is 14.0. The second-order valence-electron chi connectivity index (χ2n) is 5.19. The van der Waals surface area contributed by atoms with Gasteiger partial charge in [-0.05, 0) is 27.3 Å². The van der Waals surface area contributed by atoms with Crippen LogP contribution in [-0.2, 0) is 11.3 Å². The molecule has 2 heterocycles. The Hall–Kier alpha value is -0.980. The van der Waals surface area contributed by atoms with Gasteiger partial charge >= 0.3 is 0 Å². The molecule has 2 atom stereocenters. The first-order valence-corrected chi connectivity index (χ1v) is 7.36. The minimum Gasteiger partial charge on any atom is -0.392 e. The number of piperidine rings is 1. The molecular weight excluding hydrogens is 262 g/mol. The molecule has 1 amide bonds. The number of likely N-dealkylation sites (tertiary alicyclic amines) is 1. The van der Waals surface area contributed by atoms with E-state index in [0.717, 1.165) is 17.2 Å². The fourth-order valence-electron chi connectivity index (χ4n) is 2.27. The van der Waals surface area contributed by atoms with Crippen LogP contribution < -0.4 is 5.32 Å². The van der Waals surface area contributed by atoms with Crippen molar-refractivity contribution in [1.29, 1.82) is 0 Å². The third-order valence-electron chi connectivity index (χ3n) is 3.60. The molecule has 0 unspecified atom stereocenters. The molecule has 0 aliphatic carbocycles. The molecule has 0 saturated carbocycles. The molecule has 1 aromatic heterocycles. The number of carbonyl (C=O) groups excluding carboxylic acids is 1. The maximum atomic E-state index is 12.1. The predicted molar refractivity (Wildman–Crippen MR) is 75.0 cm³/mol. The molecule has 5 nitrogen and oxygen atoms in total. The van der Waals surface area contributed by atoms with Crippen molar-refractivity contribution in [1.82, 2.24) is 15.2 Å². The lowest BCUT2D eigenvalue weighted by Crippen LogP contribution is -2.48. The summed E-state index contributed by atoms with van der Waals surface area (Å²) in [6.07, 6.45) is 0.125. The number of nitrogens with zero attached hydrogens (tertiary/aromatic N) is 2. The molecule has 0 spiro atoms. The van der Waals surface area contributed by atoms with Gasteiger partial charge in [0.25, 0.3) is 0 Å². The van der Waals surface area contributed by atoms with Crippen molar-refractivity contribution in [2.75, 3.05) is 20.1 Å². The molecule has 106 valence electrons. The van der Waals surface area contributed by atoms with E-state index < -0.39 is 6.10 Å². The average Bonchev–Trinajstić information content (AvgIpc) is 2.69. The van der Waals surface area contributed by atoms with Crippen LogP contribution in [0.4, 0.5) is 0 Å². The number of aliphatic hydroxyl groups excluding tert-OH is 1. The van der Waals surface area contributed by atoms with Gasteiger partial charge in [0.2, 0.25) is 5.91 Å². The van der Waals surface area contributed by atoms with Crippen molar-refractivity contribution in [3.63, 3.8) is 0 Å². The smallest absolute Gasteiger partial charge is 0.227 e. The van der Waals surface area contributed by atoms with E-state index in [1.54, 1.807) is 11.3 Å². The van der Waals surface area contributed by atoms with Gasteiger partial charge in [0, 0.05) is 18.0 Å². The van der Waals surface area contributed by atoms with E-state index in [0.29, 0.717) is 19.5 Å². The van der Waals surface area contributed by atoms with Crippen LogP contribution in [0, 0.1) is 19.8 Å². The Morgan fingerprint density at radius 3 is 2.95 bits per heavy atom. The molecule has 2 rings (SSSR count). The summed E-state index contributed by atoms with van der Waals surface area (Å²) in [5.41, 5.74) is 1.02. The van der Waals surface area contributed by atoms with E-state index in [4.69, 9.17) is 0 Å². The fraction of sp³-hybridized carbons (Fsp3) is 0.692. The summed E-state index contributed by atoms with van der Waals surface area (Å²) in [6, 6.07) is 0. The van der Waals surface area contributed by atoms with Crippen LogP contribution in [0.2, 0.25) is 0 Å². The lowest BCUT2D eigenvalue weighted by atomic mass is 9.94. The molecule has 1 fully saturated rings. The van der Waals surface area contributed by atoms with Crippen LogP contribution in [0.15, 0.2) is 0 Å². The van der Waals surface area contributed by atoms with Crippen LogP contribution >= 0.6 is 11.3 Å². The van der Waals surface area contributed by atoms with Gasteiger partial charge in [0.05, 0.1) is 24.3 Å². The summed E-state index contributed by atoms with van der Waals surface area (Å²) in [5.74, 6) is -0.412. The van der Waals surface area contributed by atoms with E-state index in [2.05, 4.69) is 15.2 Å². The van der Waals surface area contributed by atoms with E-state index in [9.17, 15) is 9.90 Å². The summed E-state index contributed by atoms with van der Waals surface area (Å²) in [4.78, 5) is 19.8. The molecule has 0 radical (unpaired) electrons. The van der Waals surface area contributed by atoms with Crippen molar-refractivity contribution in [3.8, 4) is 0 Å². The van der Waals surface area contributed by atoms with Crippen LogP contribution in [0.5, 0.6) is 0 Å². The van der Waals surface area contributed by atoms with E-state index in [1.165, 1.54) is 4.88 Å². The number of thiazole rings is 1. The minimum atomic E-state index is -0.532. The van der Waals surface area contributed by atoms with Crippen molar-refractivity contribution in [3.05, 3.63) is 15.6 Å². The Kier molecular flexibility index (Phi) is 4.54. The lowest BCUT2D eigenvalue weighted by molar-refractivity contribution is -0.131. The number of aryl methyl sites for hydroxylation is 2. The number of carbonyl (C=O) groups is 1. The zero-order valence-electron chi connectivity index (χ0n) is 11.6. The van der Waals surface area contributed by atoms with Gasteiger partial charge in [-0.2, -0.15) is 0 Å². The minimum absolute atomic E-state index is 0.0791. The number of rotatable bonds is 3. The van der Waals surface area contributed by atoms with Crippen molar-refractivity contribution < 1.29 is 9.90 Å². The molecular formula is C13H21N3O2S. The molecule has 0 aromatic carbocycles. The topological polar surface area (TPSA) is 65.5 Å². The molecule has 0 bridgehead atoms. The van der Waals surface area contributed by atoms with Gasteiger partial charge in [-0.15, -0.1) is 11.3 Å². The van der Waals surface area contributed by atoms with E-state index in [1.807, 2.05) is 20.9 Å². The maximum absolute atomic E-state index is 12.1. The monoisotopic (exact) mass is 283 g/mol. The van der Waals surface area contributed by atoms with E-state index in [-0.39, 0.29) is 11.8 Å². The predicted octanol–water partition coefficient (Wildman–Crippen LogP) is 0.689. The Labute approximate surface area is 117 Å². The SMILES string of the molecule is Cc1nc(CNC(=O)[C@@H]2CN(C)CC[C@H]2O)sc1C. The molecule has 1 aliphatic heterocycles. The first-order chi connectivity index (χ1) is 8.97. The Balaban J connectivity index is 1.90. The highest BCUT2D eigenvalue weighted by atomic mass is 32.1. The third-order valence-corrected chi connectivity index (χ3v) is 4.68. The molecule has 1 aromatic rings. The van der Waals surface area contributed by atoms with Gasteiger partial charge in [-0.3, -0.25) is 4.79 Å². The first-order valence-electron chi connectivity index (χ1n) is 6.54. The molecule has 2 N–H and O–H groups in total. The highest BCUT2D eigenvalue weighted by Gasteiger charge is 2.31. The lowest BCUT2D eigenvalue weighted by Gasteiger charge is -2.32. The summed E-state index contributed by atoms with van der Waals surface area (Å²) >= 11 is 1.61. The Bertz CT molecular complexity index is 441. The van der Waals surface area contributed by atoms with Gasteiger partial charge in [-0.1, -0.05) is 0 Å². The Morgan fingerprint density at radius 1 is 1.58 bits per heavy atom. The Morgan fingerprint density at radius 2 is 2.32 bits per heavy atom. The summed E-state index contributed by atoms with van der Waals surface area (Å²) in [6.45, 7) is 5.90. The van der Waals surface area contributed by atoms with Gasteiger partial charge in [-0.25, -0.2) is 4.98 Å². The highest BCUT2D eigenvalue weighted by molar-refractivity contribution is 7.11. The summed E-state index contributed by atoms with van der Waals surface area (Å²) in [7, 11) is 1.97. The van der Waals surface area contributed by atoms with Gasteiger partial charge in [0.1, 0.15) is 5.01 Å². The zero-order valence-corrected chi connectivity index (χ0v) is 12.5. The average molecular weight is 283 g/mol. The normalized spacial score (nSPS) is 24.4. The number of hydrogen-bond acceptors (Lipinski definition) is 5. The standard InChI is InChI=1S/C13H21N3O2S/c1-8-9(2)19-12(15-8)6-14-13(18)10-7-16(3)5-4-11(10)17/h10-11,17H,4-7H2,1-3H3,(H,14,18)/t10-,11-/m1/s1. The second-order valence-corrected chi connectivity index (χ2v) is 6.48. The first kappa shape index (κ1) is 14.4. The quantitative estimate of drug-likeness (QED) is 0.856. The fourth-order valence-corrected chi connectivity index (χ4v) is 3.14. The number of amides is 1. The van der Waals surface area contributed by atoms with Crippen molar-refractivity contribution in [2.45, 2.75) is 32.9 Å². The van der Waals surface area contributed by atoms with Crippen LogP contribution in [0.3, 0.4) is 0 Å². The summed E-state index contributed by atoms with van der Waals surface area (Å²) < 4.78 is 0. The van der Waals surface area contributed by atoms with Crippen LogP contribution in [-0.4, -0.2) is 47.1 Å². The van der Waals surface area contributed by atoms with Crippen molar-refractivity contribution in [2.24, 2.45) is 5.92 Å². The number of aliphatic hydroxyl groups is 1. The summed E-state index contributed by atoms with van der Waals surface area (Å²) in [5, 5.41) is 13.7. The largest absolute Gasteiger partial charge is 0.392 e. The van der Waals surface area contributed by atoms with Crippen LogP contribution in [0.1, 0.15) is 22.0 Å². The number of aromatic nitrogens is 1. The van der Waals surface area contributed by atoms with Crippen molar-refractivity contribution >= 4 is 17.2 Å². The van der Waals surface area contributed by atoms with Gasteiger partial charge in [0.15, 0.2) is 0 Å². The molecule has 6 heteroatoms. The van der Waals surface area contributed by atoms with E-state index >= 15 is 0 Å². The highest BCUT2D eigenvalue weighted by Crippen LogP contribution is 2.18. The van der Waals surface area contributed by atoms with Gasteiger partial charge < -0.3 is 15.3 Å². The van der Waals surface area contributed by atoms with Crippen LogP contribution in [0.25, 0.3) is 0 Å². The number of nitrogens with one attached hydrogen (secondary N) is 1.